The lowest BCUT2D eigenvalue weighted by molar-refractivity contribution is -0.116. The molecule has 0 unspecified atom stereocenters. The van der Waals surface area contributed by atoms with Crippen LogP contribution in [0.5, 0.6) is 0 Å². The standard InChI is InChI=1S/C23H27N3O2/c1-16-4-11-20-21(15-16)26-22(25-20)12-7-17-5-8-18(9-6-17)24-23(27)13-10-19-3-2-14-28-19/h4-6,8-9,11,15,19H,2-3,7,10,12-14H2,1H3,(H,24,27)(H,25,26)/t19-/m1/s1. The predicted octanol–water partition coefficient (Wildman–Crippen LogP) is 4.55. The molecule has 3 aromatic rings. The molecule has 5 heteroatoms. The Kier molecular flexibility index (Phi) is 5.72. The topological polar surface area (TPSA) is 67.0 Å². The number of aromatic nitrogens is 2. The summed E-state index contributed by atoms with van der Waals surface area (Å²) in [6, 6.07) is 14.4. The molecule has 2 N–H and O–H groups in total. The second kappa shape index (κ2) is 8.57. The predicted molar refractivity (Wildman–Crippen MR) is 112 cm³/mol. The van der Waals surface area contributed by atoms with Gasteiger partial charge in [0.15, 0.2) is 0 Å². The summed E-state index contributed by atoms with van der Waals surface area (Å²) in [6.45, 7) is 2.92. The minimum Gasteiger partial charge on any atom is -0.378 e. The fourth-order valence-electron chi connectivity index (χ4n) is 3.70. The molecule has 1 aliphatic heterocycles. The molecule has 28 heavy (non-hydrogen) atoms. The number of rotatable bonds is 7. The van der Waals surface area contributed by atoms with E-state index in [-0.39, 0.29) is 12.0 Å². The zero-order chi connectivity index (χ0) is 19.3. The summed E-state index contributed by atoms with van der Waals surface area (Å²) in [5.41, 5.74) is 5.42. The van der Waals surface area contributed by atoms with Gasteiger partial charge < -0.3 is 15.0 Å². The van der Waals surface area contributed by atoms with Crippen molar-refractivity contribution >= 4 is 22.6 Å². The Morgan fingerprint density at radius 1 is 1.21 bits per heavy atom. The van der Waals surface area contributed by atoms with Crippen molar-refractivity contribution in [1.82, 2.24) is 9.97 Å². The summed E-state index contributed by atoms with van der Waals surface area (Å²) in [6.07, 6.45) is 5.54. The molecule has 1 atom stereocenters. The monoisotopic (exact) mass is 377 g/mol. The van der Waals surface area contributed by atoms with Gasteiger partial charge in [0.1, 0.15) is 5.82 Å². The van der Waals surface area contributed by atoms with Crippen LogP contribution in [0.25, 0.3) is 11.0 Å². The van der Waals surface area contributed by atoms with Crippen molar-refractivity contribution in [3.8, 4) is 0 Å². The first kappa shape index (κ1) is 18.7. The Morgan fingerprint density at radius 2 is 2.07 bits per heavy atom. The van der Waals surface area contributed by atoms with Gasteiger partial charge in [-0.2, -0.15) is 0 Å². The third kappa shape index (κ3) is 4.78. The van der Waals surface area contributed by atoms with Gasteiger partial charge in [-0.15, -0.1) is 0 Å². The first-order valence-electron chi connectivity index (χ1n) is 10.1. The van der Waals surface area contributed by atoms with E-state index in [1.807, 2.05) is 12.1 Å². The third-order valence-electron chi connectivity index (χ3n) is 5.29. The Bertz CT molecular complexity index is 940. The molecule has 0 bridgehead atoms. The Labute approximate surface area is 165 Å². The van der Waals surface area contributed by atoms with Gasteiger partial charge in [-0.1, -0.05) is 18.2 Å². The van der Waals surface area contributed by atoms with Gasteiger partial charge in [0.2, 0.25) is 5.91 Å². The number of benzene rings is 2. The van der Waals surface area contributed by atoms with E-state index in [1.165, 1.54) is 11.1 Å². The molecule has 5 nitrogen and oxygen atoms in total. The van der Waals surface area contributed by atoms with E-state index < -0.39 is 0 Å². The fourth-order valence-corrected chi connectivity index (χ4v) is 3.70. The van der Waals surface area contributed by atoms with E-state index in [0.29, 0.717) is 6.42 Å². The normalized spacial score (nSPS) is 16.5. The van der Waals surface area contributed by atoms with Crippen molar-refractivity contribution in [1.29, 1.82) is 0 Å². The molecule has 2 aromatic carbocycles. The minimum atomic E-state index is 0.0563. The fraction of sp³-hybridized carbons (Fsp3) is 0.391. The molecule has 4 rings (SSSR count). The van der Waals surface area contributed by atoms with Crippen molar-refractivity contribution < 1.29 is 9.53 Å². The number of imidazole rings is 1. The Hall–Kier alpha value is -2.66. The molecule has 2 heterocycles. The highest BCUT2D eigenvalue weighted by molar-refractivity contribution is 5.90. The summed E-state index contributed by atoms with van der Waals surface area (Å²) in [7, 11) is 0. The average Bonchev–Trinajstić information content (AvgIpc) is 3.35. The molecule has 0 radical (unpaired) electrons. The highest BCUT2D eigenvalue weighted by atomic mass is 16.5. The number of ether oxygens (including phenoxy) is 1. The second-order valence-electron chi connectivity index (χ2n) is 7.62. The number of hydrogen-bond donors (Lipinski definition) is 2. The summed E-state index contributed by atoms with van der Waals surface area (Å²) in [4.78, 5) is 20.2. The number of nitrogens with zero attached hydrogens (tertiary/aromatic N) is 1. The van der Waals surface area contributed by atoms with Crippen LogP contribution in [0.3, 0.4) is 0 Å². The van der Waals surface area contributed by atoms with Crippen LogP contribution in [0, 0.1) is 6.92 Å². The van der Waals surface area contributed by atoms with Gasteiger partial charge in [0.05, 0.1) is 17.1 Å². The quantitative estimate of drug-likeness (QED) is 0.634. The molecule has 1 fully saturated rings. The van der Waals surface area contributed by atoms with Gasteiger partial charge in [0.25, 0.3) is 0 Å². The number of nitrogens with one attached hydrogen (secondary N) is 2. The Balaban J connectivity index is 1.27. The summed E-state index contributed by atoms with van der Waals surface area (Å²) < 4.78 is 5.57. The van der Waals surface area contributed by atoms with Crippen molar-refractivity contribution in [2.24, 2.45) is 0 Å². The molecule has 146 valence electrons. The maximum atomic E-state index is 12.1. The first-order chi connectivity index (χ1) is 13.7. The number of fused-ring (bicyclic) bond motifs is 1. The number of carbonyl (C=O) groups is 1. The van der Waals surface area contributed by atoms with Crippen LogP contribution < -0.4 is 5.32 Å². The van der Waals surface area contributed by atoms with Crippen molar-refractivity contribution in [2.75, 3.05) is 11.9 Å². The number of aromatic amines is 1. The molecular formula is C23H27N3O2. The molecule has 1 saturated heterocycles. The second-order valence-corrected chi connectivity index (χ2v) is 7.62. The molecule has 0 aliphatic carbocycles. The third-order valence-corrected chi connectivity index (χ3v) is 5.29. The van der Waals surface area contributed by atoms with Gasteiger partial charge >= 0.3 is 0 Å². The number of H-pyrrole nitrogens is 1. The van der Waals surface area contributed by atoms with Crippen molar-refractivity contribution in [3.05, 3.63) is 59.4 Å². The first-order valence-corrected chi connectivity index (χ1v) is 10.1. The van der Waals surface area contributed by atoms with Crippen molar-refractivity contribution in [3.63, 3.8) is 0 Å². The number of amides is 1. The highest BCUT2D eigenvalue weighted by Gasteiger charge is 2.16. The molecule has 1 aliphatic rings. The largest absolute Gasteiger partial charge is 0.378 e. The lowest BCUT2D eigenvalue weighted by Gasteiger charge is -2.10. The molecule has 0 saturated carbocycles. The summed E-state index contributed by atoms with van der Waals surface area (Å²) >= 11 is 0. The number of anilines is 1. The van der Waals surface area contributed by atoms with E-state index >= 15 is 0 Å². The van der Waals surface area contributed by atoms with Crippen LogP contribution in [-0.4, -0.2) is 28.6 Å². The van der Waals surface area contributed by atoms with E-state index in [4.69, 9.17) is 4.74 Å². The lowest BCUT2D eigenvalue weighted by atomic mass is 10.1. The number of aryl methyl sites for hydroxylation is 3. The average molecular weight is 377 g/mol. The maximum absolute atomic E-state index is 12.1. The van der Waals surface area contributed by atoms with Gasteiger partial charge in [-0.3, -0.25) is 4.79 Å². The van der Waals surface area contributed by atoms with Crippen LogP contribution >= 0.6 is 0 Å². The van der Waals surface area contributed by atoms with E-state index in [1.54, 1.807) is 0 Å². The minimum absolute atomic E-state index is 0.0563. The van der Waals surface area contributed by atoms with Crippen LogP contribution in [0.2, 0.25) is 0 Å². The zero-order valence-electron chi connectivity index (χ0n) is 16.3. The molecule has 1 aromatic heterocycles. The van der Waals surface area contributed by atoms with Crippen LogP contribution in [-0.2, 0) is 22.4 Å². The highest BCUT2D eigenvalue weighted by Crippen LogP contribution is 2.18. The maximum Gasteiger partial charge on any atom is 0.224 e. The summed E-state index contributed by atoms with van der Waals surface area (Å²) in [5.74, 6) is 1.06. The smallest absolute Gasteiger partial charge is 0.224 e. The van der Waals surface area contributed by atoms with Crippen LogP contribution in [0.1, 0.15) is 42.6 Å². The Morgan fingerprint density at radius 3 is 2.86 bits per heavy atom. The van der Waals surface area contributed by atoms with E-state index in [0.717, 1.165) is 61.3 Å². The summed E-state index contributed by atoms with van der Waals surface area (Å²) in [5, 5.41) is 2.98. The van der Waals surface area contributed by atoms with Crippen LogP contribution in [0.4, 0.5) is 5.69 Å². The van der Waals surface area contributed by atoms with Crippen LogP contribution in [0.15, 0.2) is 42.5 Å². The van der Waals surface area contributed by atoms with Gasteiger partial charge in [-0.25, -0.2) is 4.98 Å². The molecule has 1 amide bonds. The van der Waals surface area contributed by atoms with Crippen molar-refractivity contribution in [2.45, 2.75) is 51.6 Å². The number of carbonyl (C=O) groups excluding carboxylic acids is 1. The van der Waals surface area contributed by atoms with Gasteiger partial charge in [0, 0.05) is 25.1 Å². The van der Waals surface area contributed by atoms with E-state index in [2.05, 4.69) is 52.5 Å². The zero-order valence-corrected chi connectivity index (χ0v) is 16.3. The molecular weight excluding hydrogens is 350 g/mol. The number of hydrogen-bond acceptors (Lipinski definition) is 3. The molecule has 0 spiro atoms. The lowest BCUT2D eigenvalue weighted by Crippen LogP contribution is -2.15. The van der Waals surface area contributed by atoms with Gasteiger partial charge in [-0.05, 0) is 68.0 Å². The SMILES string of the molecule is Cc1ccc2nc(CCc3ccc(NC(=O)CC[C@H]4CCCO4)cc3)[nH]c2c1. The van der Waals surface area contributed by atoms with E-state index in [9.17, 15) is 4.79 Å².